The zero-order valence-corrected chi connectivity index (χ0v) is 14.6. The van der Waals surface area contributed by atoms with E-state index in [4.69, 9.17) is 11.6 Å². The van der Waals surface area contributed by atoms with Gasteiger partial charge in [-0.05, 0) is 6.07 Å². The Hall–Kier alpha value is -1.90. The van der Waals surface area contributed by atoms with Crippen molar-refractivity contribution >= 4 is 41.5 Å². The lowest BCUT2D eigenvalue weighted by Crippen LogP contribution is -2.49. The van der Waals surface area contributed by atoms with Gasteiger partial charge in [0.25, 0.3) is 11.6 Å². The van der Waals surface area contributed by atoms with Gasteiger partial charge in [0.2, 0.25) is 5.91 Å². The van der Waals surface area contributed by atoms with E-state index < -0.39 is 10.8 Å². The highest BCUT2D eigenvalue weighted by Gasteiger charge is 2.22. The molecule has 2 rings (SSSR count). The quantitative estimate of drug-likeness (QED) is 0.628. The van der Waals surface area contributed by atoms with Crippen molar-refractivity contribution in [2.45, 2.75) is 0 Å². The first-order chi connectivity index (χ1) is 10.9. The maximum atomic E-state index is 12.4. The molecule has 24 heavy (non-hydrogen) atoms. The molecule has 132 valence electrons. The summed E-state index contributed by atoms with van der Waals surface area (Å²) in [5, 5.41) is 14.1. The Kier molecular flexibility index (Phi) is 7.40. The Morgan fingerprint density at radius 1 is 1.33 bits per heavy atom. The maximum absolute atomic E-state index is 12.4. The van der Waals surface area contributed by atoms with E-state index in [0.29, 0.717) is 13.1 Å². The number of benzene rings is 1. The summed E-state index contributed by atoms with van der Waals surface area (Å²) < 4.78 is 0. The molecule has 1 fully saturated rings. The number of rotatable bonds is 4. The van der Waals surface area contributed by atoms with Crippen molar-refractivity contribution in [1.82, 2.24) is 15.1 Å². The fourth-order valence-electron chi connectivity index (χ4n) is 2.31. The number of halogens is 2. The van der Waals surface area contributed by atoms with Crippen LogP contribution in [0.3, 0.4) is 0 Å². The number of hydrogen-bond donors (Lipinski definition) is 1. The molecule has 10 heteroatoms. The number of carbonyl (C=O) groups is 2. The Balaban J connectivity index is 0.00000288. The first-order valence-corrected chi connectivity index (χ1v) is 7.45. The molecular formula is C14H18Cl2N4O4. The van der Waals surface area contributed by atoms with Crippen LogP contribution in [0.4, 0.5) is 5.69 Å². The van der Waals surface area contributed by atoms with Gasteiger partial charge in [0, 0.05) is 55.9 Å². The summed E-state index contributed by atoms with van der Waals surface area (Å²) in [5.74, 6) is -0.641. The van der Waals surface area contributed by atoms with E-state index in [9.17, 15) is 19.7 Å². The summed E-state index contributed by atoms with van der Waals surface area (Å²) >= 11 is 5.81. The molecule has 1 aliphatic rings. The van der Waals surface area contributed by atoms with Crippen LogP contribution in [-0.2, 0) is 4.79 Å². The van der Waals surface area contributed by atoms with Crippen molar-refractivity contribution in [3.8, 4) is 0 Å². The van der Waals surface area contributed by atoms with Crippen LogP contribution in [0, 0.1) is 10.1 Å². The van der Waals surface area contributed by atoms with E-state index in [0.717, 1.165) is 19.2 Å². The summed E-state index contributed by atoms with van der Waals surface area (Å²) in [4.78, 5) is 37.6. The van der Waals surface area contributed by atoms with Gasteiger partial charge >= 0.3 is 0 Å². The lowest BCUT2D eigenvalue weighted by molar-refractivity contribution is -0.384. The number of nitrogens with zero attached hydrogens (tertiary/aromatic N) is 3. The van der Waals surface area contributed by atoms with Gasteiger partial charge in [-0.2, -0.15) is 0 Å². The van der Waals surface area contributed by atoms with Gasteiger partial charge < -0.3 is 15.1 Å². The standard InChI is InChI=1S/C14H17ClN4O4.ClH/c1-17(9-13(20)18-4-2-16-3-5-18)14(21)10-6-11(15)8-12(7-10)19(22)23;/h6-8,16H,2-5,9H2,1H3;1H. The molecule has 1 aromatic rings. The van der Waals surface area contributed by atoms with Crippen molar-refractivity contribution in [3.63, 3.8) is 0 Å². The van der Waals surface area contributed by atoms with E-state index in [1.165, 1.54) is 24.1 Å². The SMILES string of the molecule is CN(CC(=O)N1CCNCC1)C(=O)c1cc(Cl)cc([N+](=O)[O-])c1.Cl. The molecule has 0 unspecified atom stereocenters. The second-order valence-corrected chi connectivity index (χ2v) is 5.68. The van der Waals surface area contributed by atoms with E-state index in [-0.39, 0.29) is 41.1 Å². The Labute approximate surface area is 150 Å². The molecule has 0 radical (unpaired) electrons. The van der Waals surface area contributed by atoms with E-state index in [2.05, 4.69) is 5.32 Å². The molecule has 1 aliphatic heterocycles. The summed E-state index contributed by atoms with van der Waals surface area (Å²) in [5.41, 5.74) is -0.178. The van der Waals surface area contributed by atoms with Gasteiger partial charge in [-0.25, -0.2) is 0 Å². The fourth-order valence-corrected chi connectivity index (χ4v) is 2.54. The van der Waals surface area contributed by atoms with Crippen LogP contribution < -0.4 is 5.32 Å². The third-order valence-corrected chi connectivity index (χ3v) is 3.75. The molecule has 0 aliphatic carbocycles. The molecule has 0 saturated carbocycles. The molecule has 0 bridgehead atoms. The van der Waals surface area contributed by atoms with Gasteiger partial charge in [-0.1, -0.05) is 11.6 Å². The van der Waals surface area contributed by atoms with Crippen molar-refractivity contribution in [1.29, 1.82) is 0 Å². The average molecular weight is 377 g/mol. The van der Waals surface area contributed by atoms with Gasteiger partial charge in [-0.15, -0.1) is 12.4 Å². The molecule has 8 nitrogen and oxygen atoms in total. The molecule has 0 aromatic heterocycles. The first kappa shape index (κ1) is 20.1. The van der Waals surface area contributed by atoms with Crippen LogP contribution in [0.2, 0.25) is 5.02 Å². The predicted octanol–water partition coefficient (Wildman–Crippen LogP) is 1.17. The second-order valence-electron chi connectivity index (χ2n) is 5.25. The van der Waals surface area contributed by atoms with Crippen LogP contribution in [0.15, 0.2) is 18.2 Å². The summed E-state index contributed by atoms with van der Waals surface area (Å²) in [7, 11) is 1.48. The van der Waals surface area contributed by atoms with Crippen LogP contribution in [0.1, 0.15) is 10.4 Å². The third kappa shape index (κ3) is 5.05. The first-order valence-electron chi connectivity index (χ1n) is 7.07. The number of nitrogens with one attached hydrogen (secondary N) is 1. The zero-order valence-electron chi connectivity index (χ0n) is 13.0. The molecule has 1 saturated heterocycles. The van der Waals surface area contributed by atoms with Crippen LogP contribution >= 0.6 is 24.0 Å². The molecule has 2 amide bonds. The monoisotopic (exact) mass is 376 g/mol. The van der Waals surface area contributed by atoms with Gasteiger partial charge in [-0.3, -0.25) is 19.7 Å². The highest BCUT2D eigenvalue weighted by atomic mass is 35.5. The molecular weight excluding hydrogens is 359 g/mol. The molecule has 1 heterocycles. The van der Waals surface area contributed by atoms with Crippen LogP contribution in [0.5, 0.6) is 0 Å². The normalized spacial score (nSPS) is 13.8. The number of non-ortho nitro benzene ring substituents is 1. The number of amides is 2. The zero-order chi connectivity index (χ0) is 17.0. The van der Waals surface area contributed by atoms with Crippen molar-refractivity contribution in [3.05, 3.63) is 38.9 Å². The lowest BCUT2D eigenvalue weighted by Gasteiger charge is -2.29. The minimum Gasteiger partial charge on any atom is -0.339 e. The number of nitro groups is 1. The number of carbonyl (C=O) groups excluding carboxylic acids is 2. The van der Waals surface area contributed by atoms with Gasteiger partial charge in [0.05, 0.1) is 11.5 Å². The molecule has 0 spiro atoms. The average Bonchev–Trinajstić information content (AvgIpc) is 2.54. The minimum absolute atomic E-state index is 0. The van der Waals surface area contributed by atoms with E-state index in [1.807, 2.05) is 0 Å². The number of likely N-dealkylation sites (N-methyl/N-ethyl adjacent to an activating group) is 1. The number of piperazine rings is 1. The number of nitro benzene ring substituents is 1. The molecule has 1 N–H and O–H groups in total. The Morgan fingerprint density at radius 2 is 1.96 bits per heavy atom. The van der Waals surface area contributed by atoms with E-state index in [1.54, 1.807) is 4.90 Å². The predicted molar refractivity (Wildman–Crippen MR) is 91.8 cm³/mol. The Bertz CT molecular complexity index is 635. The van der Waals surface area contributed by atoms with Crippen molar-refractivity contribution < 1.29 is 14.5 Å². The maximum Gasteiger partial charge on any atom is 0.271 e. The highest BCUT2D eigenvalue weighted by molar-refractivity contribution is 6.31. The van der Waals surface area contributed by atoms with E-state index >= 15 is 0 Å². The summed E-state index contributed by atoms with van der Waals surface area (Å²) in [6.07, 6.45) is 0. The summed E-state index contributed by atoms with van der Waals surface area (Å²) in [6.45, 7) is 2.57. The lowest BCUT2D eigenvalue weighted by atomic mass is 10.1. The van der Waals surface area contributed by atoms with Gasteiger partial charge in [0.15, 0.2) is 0 Å². The minimum atomic E-state index is -0.617. The topological polar surface area (TPSA) is 95.8 Å². The van der Waals surface area contributed by atoms with Crippen molar-refractivity contribution in [2.75, 3.05) is 39.8 Å². The second kappa shape index (κ2) is 8.81. The molecule has 1 aromatic carbocycles. The van der Waals surface area contributed by atoms with Crippen LogP contribution in [-0.4, -0.2) is 66.3 Å². The van der Waals surface area contributed by atoms with Crippen molar-refractivity contribution in [2.24, 2.45) is 0 Å². The Morgan fingerprint density at radius 3 is 2.54 bits per heavy atom. The fraction of sp³-hybridized carbons (Fsp3) is 0.429. The summed E-state index contributed by atoms with van der Waals surface area (Å²) in [6, 6.07) is 3.67. The smallest absolute Gasteiger partial charge is 0.271 e. The highest BCUT2D eigenvalue weighted by Crippen LogP contribution is 2.21. The largest absolute Gasteiger partial charge is 0.339 e. The third-order valence-electron chi connectivity index (χ3n) is 3.53. The van der Waals surface area contributed by atoms with Gasteiger partial charge in [0.1, 0.15) is 0 Å². The number of hydrogen-bond acceptors (Lipinski definition) is 5. The van der Waals surface area contributed by atoms with Crippen LogP contribution in [0.25, 0.3) is 0 Å². The molecule has 0 atom stereocenters.